The Morgan fingerprint density at radius 2 is 1.88 bits per heavy atom. The van der Waals surface area contributed by atoms with Gasteiger partial charge in [0, 0.05) is 29.8 Å². The van der Waals surface area contributed by atoms with E-state index in [2.05, 4.69) is 15.5 Å². The van der Waals surface area contributed by atoms with E-state index in [1.54, 1.807) is 0 Å². The molecule has 0 aliphatic rings. The van der Waals surface area contributed by atoms with Crippen molar-refractivity contribution in [3.05, 3.63) is 59.5 Å². The number of aryl methyl sites for hydroxylation is 3. The summed E-state index contributed by atoms with van der Waals surface area (Å²) >= 11 is 0. The van der Waals surface area contributed by atoms with E-state index in [-0.39, 0.29) is 12.3 Å². The van der Waals surface area contributed by atoms with E-state index >= 15 is 0 Å². The SMILES string of the molecule is Cc1cc(NC(=O)CCc2nnc(-c3ccccc3)o2)c(C)cc1N. The molecular weight excluding hydrogens is 316 g/mol. The fourth-order valence-electron chi connectivity index (χ4n) is 2.46. The molecule has 0 aliphatic heterocycles. The number of aromatic nitrogens is 2. The fraction of sp³-hybridized carbons (Fsp3) is 0.211. The molecule has 3 aromatic rings. The normalized spacial score (nSPS) is 10.6. The van der Waals surface area contributed by atoms with Crippen LogP contribution >= 0.6 is 0 Å². The van der Waals surface area contributed by atoms with Crippen LogP contribution in [-0.2, 0) is 11.2 Å². The van der Waals surface area contributed by atoms with Crippen LogP contribution in [0.3, 0.4) is 0 Å². The first-order valence-electron chi connectivity index (χ1n) is 8.07. The number of hydrogen-bond donors (Lipinski definition) is 2. The maximum absolute atomic E-state index is 12.2. The summed E-state index contributed by atoms with van der Waals surface area (Å²) in [4.78, 5) is 12.2. The van der Waals surface area contributed by atoms with Crippen LogP contribution < -0.4 is 11.1 Å². The van der Waals surface area contributed by atoms with Crippen LogP contribution in [0.25, 0.3) is 11.5 Å². The molecule has 0 atom stereocenters. The first-order valence-corrected chi connectivity index (χ1v) is 8.07. The lowest BCUT2D eigenvalue weighted by atomic mass is 10.1. The van der Waals surface area contributed by atoms with Gasteiger partial charge in [0.2, 0.25) is 17.7 Å². The molecule has 1 aromatic heterocycles. The third-order valence-corrected chi connectivity index (χ3v) is 3.94. The third-order valence-electron chi connectivity index (χ3n) is 3.94. The Morgan fingerprint density at radius 3 is 2.64 bits per heavy atom. The molecule has 1 heterocycles. The van der Waals surface area contributed by atoms with E-state index in [0.717, 1.165) is 28.1 Å². The molecule has 0 saturated carbocycles. The van der Waals surface area contributed by atoms with Gasteiger partial charge < -0.3 is 15.5 Å². The largest absolute Gasteiger partial charge is 0.421 e. The highest BCUT2D eigenvalue weighted by Gasteiger charge is 2.11. The molecule has 0 saturated heterocycles. The summed E-state index contributed by atoms with van der Waals surface area (Å²) in [5.74, 6) is 0.798. The maximum atomic E-state index is 12.2. The predicted molar refractivity (Wildman–Crippen MR) is 97.0 cm³/mol. The van der Waals surface area contributed by atoms with Crippen molar-refractivity contribution in [2.45, 2.75) is 26.7 Å². The second-order valence-electron chi connectivity index (χ2n) is 5.94. The Kier molecular flexibility index (Phi) is 4.79. The molecule has 0 radical (unpaired) electrons. The van der Waals surface area contributed by atoms with Crippen LogP contribution in [0.1, 0.15) is 23.4 Å². The molecule has 2 aromatic carbocycles. The number of amides is 1. The van der Waals surface area contributed by atoms with Crippen LogP contribution in [0.4, 0.5) is 11.4 Å². The zero-order valence-corrected chi connectivity index (χ0v) is 14.2. The Morgan fingerprint density at radius 1 is 1.12 bits per heavy atom. The molecule has 6 nitrogen and oxygen atoms in total. The van der Waals surface area contributed by atoms with Crippen LogP contribution in [0.5, 0.6) is 0 Å². The zero-order chi connectivity index (χ0) is 17.8. The van der Waals surface area contributed by atoms with Crippen LogP contribution in [0, 0.1) is 13.8 Å². The van der Waals surface area contributed by atoms with E-state index in [0.29, 0.717) is 18.2 Å². The summed E-state index contributed by atoms with van der Waals surface area (Å²) in [7, 11) is 0. The average Bonchev–Trinajstić information content (AvgIpc) is 3.08. The molecule has 3 N–H and O–H groups in total. The highest BCUT2D eigenvalue weighted by Crippen LogP contribution is 2.22. The van der Waals surface area contributed by atoms with Gasteiger partial charge in [-0.25, -0.2) is 0 Å². The first kappa shape index (κ1) is 16.7. The lowest BCUT2D eigenvalue weighted by Gasteiger charge is -2.10. The smallest absolute Gasteiger partial charge is 0.247 e. The fourth-order valence-corrected chi connectivity index (χ4v) is 2.46. The summed E-state index contributed by atoms with van der Waals surface area (Å²) in [5, 5.41) is 10.9. The number of carbonyl (C=O) groups is 1. The quantitative estimate of drug-likeness (QED) is 0.695. The lowest BCUT2D eigenvalue weighted by Crippen LogP contribution is -2.13. The lowest BCUT2D eigenvalue weighted by molar-refractivity contribution is -0.116. The van der Waals surface area contributed by atoms with Gasteiger partial charge >= 0.3 is 0 Å². The standard InChI is InChI=1S/C19H20N4O2/c1-12-11-16(13(2)10-15(12)20)21-17(24)8-9-18-22-23-19(25-18)14-6-4-3-5-7-14/h3-7,10-11H,8-9,20H2,1-2H3,(H,21,24). The first-order chi connectivity index (χ1) is 12.0. The molecule has 0 fully saturated rings. The Bertz CT molecular complexity index is 888. The molecule has 0 aliphatic carbocycles. The van der Waals surface area contributed by atoms with Gasteiger partial charge in [-0.05, 0) is 49.2 Å². The van der Waals surface area contributed by atoms with Crippen molar-refractivity contribution >= 4 is 17.3 Å². The van der Waals surface area contributed by atoms with E-state index in [4.69, 9.17) is 10.2 Å². The minimum Gasteiger partial charge on any atom is -0.421 e. The van der Waals surface area contributed by atoms with Crippen molar-refractivity contribution in [1.29, 1.82) is 0 Å². The van der Waals surface area contributed by atoms with Gasteiger partial charge in [0.15, 0.2) is 0 Å². The zero-order valence-electron chi connectivity index (χ0n) is 14.2. The van der Waals surface area contributed by atoms with E-state index in [9.17, 15) is 4.79 Å². The molecule has 128 valence electrons. The van der Waals surface area contributed by atoms with Crippen molar-refractivity contribution in [1.82, 2.24) is 10.2 Å². The number of rotatable bonds is 5. The molecule has 25 heavy (non-hydrogen) atoms. The second kappa shape index (κ2) is 7.17. The molecule has 3 rings (SSSR count). The minimum atomic E-state index is -0.105. The number of hydrogen-bond acceptors (Lipinski definition) is 5. The molecule has 0 bridgehead atoms. The van der Waals surface area contributed by atoms with Gasteiger partial charge in [0.1, 0.15) is 0 Å². The summed E-state index contributed by atoms with van der Waals surface area (Å²) in [6, 6.07) is 13.3. The van der Waals surface area contributed by atoms with E-state index < -0.39 is 0 Å². The Hall–Kier alpha value is -3.15. The van der Waals surface area contributed by atoms with Crippen molar-refractivity contribution in [3.63, 3.8) is 0 Å². The molecular formula is C19H20N4O2. The van der Waals surface area contributed by atoms with Gasteiger partial charge in [-0.15, -0.1) is 10.2 Å². The van der Waals surface area contributed by atoms with E-state index in [1.807, 2.05) is 56.3 Å². The molecule has 0 spiro atoms. The van der Waals surface area contributed by atoms with Crippen LogP contribution in [0.2, 0.25) is 0 Å². The molecule has 0 unspecified atom stereocenters. The second-order valence-corrected chi connectivity index (χ2v) is 5.94. The Labute approximate surface area is 146 Å². The van der Waals surface area contributed by atoms with Crippen molar-refractivity contribution < 1.29 is 9.21 Å². The maximum Gasteiger partial charge on any atom is 0.247 e. The predicted octanol–water partition coefficient (Wildman–Crippen LogP) is 3.51. The van der Waals surface area contributed by atoms with Gasteiger partial charge in [-0.2, -0.15) is 0 Å². The monoisotopic (exact) mass is 336 g/mol. The van der Waals surface area contributed by atoms with Crippen molar-refractivity contribution in [2.75, 3.05) is 11.1 Å². The number of carbonyl (C=O) groups excluding carboxylic acids is 1. The van der Waals surface area contributed by atoms with Crippen molar-refractivity contribution in [2.24, 2.45) is 0 Å². The summed E-state index contributed by atoms with van der Waals surface area (Å²) < 4.78 is 5.61. The number of nitrogens with one attached hydrogen (secondary N) is 1. The van der Waals surface area contributed by atoms with Crippen molar-refractivity contribution in [3.8, 4) is 11.5 Å². The number of nitrogens with two attached hydrogens (primary N) is 1. The topological polar surface area (TPSA) is 94.0 Å². The van der Waals surface area contributed by atoms with Gasteiger partial charge in [0.25, 0.3) is 0 Å². The summed E-state index contributed by atoms with van der Waals surface area (Å²) in [6.45, 7) is 3.82. The summed E-state index contributed by atoms with van der Waals surface area (Å²) in [6.07, 6.45) is 0.651. The number of anilines is 2. The average molecular weight is 336 g/mol. The van der Waals surface area contributed by atoms with Gasteiger partial charge in [-0.1, -0.05) is 18.2 Å². The van der Waals surface area contributed by atoms with Crippen LogP contribution in [-0.4, -0.2) is 16.1 Å². The molecule has 6 heteroatoms. The highest BCUT2D eigenvalue weighted by atomic mass is 16.4. The van der Waals surface area contributed by atoms with Crippen LogP contribution in [0.15, 0.2) is 46.9 Å². The number of nitrogens with zero attached hydrogens (tertiary/aromatic N) is 2. The third kappa shape index (κ3) is 4.03. The number of benzene rings is 2. The van der Waals surface area contributed by atoms with Gasteiger partial charge in [-0.3, -0.25) is 4.79 Å². The van der Waals surface area contributed by atoms with E-state index in [1.165, 1.54) is 0 Å². The molecule has 1 amide bonds. The van der Waals surface area contributed by atoms with Gasteiger partial charge in [0.05, 0.1) is 0 Å². The number of nitrogen functional groups attached to an aromatic ring is 1. The Balaban J connectivity index is 1.60. The summed E-state index contributed by atoms with van der Waals surface area (Å²) in [5.41, 5.74) is 10.1. The highest BCUT2D eigenvalue weighted by molar-refractivity contribution is 5.92. The minimum absolute atomic E-state index is 0.105.